The van der Waals surface area contributed by atoms with E-state index in [0.29, 0.717) is 0 Å². The minimum absolute atomic E-state index is 0.189. The Morgan fingerprint density at radius 1 is 0.238 bits per heavy atom. The summed E-state index contributed by atoms with van der Waals surface area (Å²) in [7, 11) is 0. The summed E-state index contributed by atoms with van der Waals surface area (Å²) in [6.07, 6.45) is 0. The van der Waals surface area contributed by atoms with Crippen LogP contribution >= 0.6 is 0 Å². The Bertz CT molecular complexity index is 3640. The second kappa shape index (κ2) is 13.4. The van der Waals surface area contributed by atoms with Crippen LogP contribution in [0.5, 0.6) is 11.5 Å². The molecule has 0 saturated heterocycles. The molecule has 13 rings (SSSR count). The van der Waals surface area contributed by atoms with Gasteiger partial charge >= 0.3 is 0 Å². The van der Waals surface area contributed by atoms with Gasteiger partial charge in [-0.2, -0.15) is 0 Å². The minimum Gasteiger partial charge on any atom is -0.508 e. The van der Waals surface area contributed by atoms with Gasteiger partial charge in [0.2, 0.25) is 0 Å². The molecule has 2 N–H and O–H groups in total. The van der Waals surface area contributed by atoms with Gasteiger partial charge in [0.05, 0.1) is 5.41 Å². The highest BCUT2D eigenvalue weighted by atomic mass is 16.3. The van der Waals surface area contributed by atoms with Gasteiger partial charge in [-0.05, 0) is 169 Å². The number of benzene rings is 12. The summed E-state index contributed by atoms with van der Waals surface area (Å²) in [5, 5.41) is 37.4. The van der Waals surface area contributed by atoms with E-state index in [1.807, 2.05) is 24.3 Å². The van der Waals surface area contributed by atoms with Gasteiger partial charge in [0.1, 0.15) is 11.5 Å². The first-order chi connectivity index (χ1) is 31.0. The molecule has 0 saturated carbocycles. The topological polar surface area (TPSA) is 40.5 Å². The zero-order valence-electron chi connectivity index (χ0n) is 34.2. The lowest BCUT2D eigenvalue weighted by Crippen LogP contribution is -2.29. The van der Waals surface area contributed by atoms with Crippen LogP contribution in [0.1, 0.15) is 22.3 Å². The van der Waals surface area contributed by atoms with Crippen molar-refractivity contribution in [2.45, 2.75) is 5.41 Å². The molecule has 63 heavy (non-hydrogen) atoms. The predicted octanol–water partition coefficient (Wildman–Crippen LogP) is 15.7. The van der Waals surface area contributed by atoms with Crippen LogP contribution in [0.25, 0.3) is 98.0 Å². The van der Waals surface area contributed by atoms with E-state index in [4.69, 9.17) is 0 Å². The Morgan fingerprint density at radius 3 is 1.06 bits per heavy atom. The first kappa shape index (κ1) is 35.5. The van der Waals surface area contributed by atoms with Gasteiger partial charge in [0.25, 0.3) is 0 Å². The van der Waals surface area contributed by atoms with Crippen LogP contribution < -0.4 is 0 Å². The number of hydrogen-bond donors (Lipinski definition) is 2. The van der Waals surface area contributed by atoms with E-state index < -0.39 is 5.41 Å². The molecule has 0 spiro atoms. The lowest BCUT2D eigenvalue weighted by Gasteiger charge is -2.36. The molecule has 0 aromatic heterocycles. The second-order valence-corrected chi connectivity index (χ2v) is 17.1. The van der Waals surface area contributed by atoms with Gasteiger partial charge in [-0.25, -0.2) is 0 Å². The van der Waals surface area contributed by atoms with Crippen LogP contribution in [-0.4, -0.2) is 10.2 Å². The number of aromatic hydroxyl groups is 2. The number of phenols is 2. The van der Waals surface area contributed by atoms with Crippen molar-refractivity contribution in [3.63, 3.8) is 0 Å². The molecule has 0 aliphatic heterocycles. The summed E-state index contributed by atoms with van der Waals surface area (Å²) in [5.41, 5.74) is 9.75. The fourth-order valence-electron chi connectivity index (χ4n) is 11.0. The van der Waals surface area contributed by atoms with E-state index in [2.05, 4.69) is 194 Å². The van der Waals surface area contributed by atoms with Crippen LogP contribution in [0.4, 0.5) is 0 Å². The monoisotopic (exact) mass is 802 g/mol. The maximum Gasteiger partial charge on any atom is 0.116 e. The van der Waals surface area contributed by atoms with Crippen LogP contribution in [0.3, 0.4) is 0 Å². The third kappa shape index (κ3) is 5.25. The summed E-state index contributed by atoms with van der Waals surface area (Å²) in [4.78, 5) is 0. The lowest BCUT2D eigenvalue weighted by molar-refractivity contribution is 0.474. The van der Waals surface area contributed by atoms with Crippen LogP contribution in [0.15, 0.2) is 218 Å². The summed E-state index contributed by atoms with van der Waals surface area (Å²) in [6.45, 7) is 0. The van der Waals surface area contributed by atoms with Crippen LogP contribution in [0.2, 0.25) is 0 Å². The molecule has 0 fully saturated rings. The van der Waals surface area contributed by atoms with E-state index in [0.717, 1.165) is 98.7 Å². The first-order valence-corrected chi connectivity index (χ1v) is 21.6. The zero-order chi connectivity index (χ0) is 41.8. The fraction of sp³-hybridized carbons (Fsp3) is 0.0164. The standard InChI is InChI=1S/C61H38O2/c62-47-33-55-49-15-7-5-11-39(49)21-25-53(55)59(35-47)61(60-36-48(63)34-56-50-16-8-6-12-40(50)22-26-54(56)60)57-31-45(43-19-17-37-9-1-3-13-41(37)29-43)23-27-51(57)52-28-24-46(32-58(52)61)44-20-18-38-10-2-4-14-42(38)30-44/h1-36,62-63H. The minimum atomic E-state index is -1.02. The van der Waals surface area contributed by atoms with Crippen molar-refractivity contribution in [3.05, 3.63) is 241 Å². The molecule has 2 heteroatoms. The maximum absolute atomic E-state index is 12.1. The Labute approximate surface area is 364 Å². The average molecular weight is 803 g/mol. The normalized spacial score (nSPS) is 13.0. The molecule has 0 radical (unpaired) electrons. The molecule has 2 nitrogen and oxygen atoms in total. The Hall–Kier alpha value is -8.20. The van der Waals surface area contributed by atoms with Crippen molar-refractivity contribution in [2.24, 2.45) is 0 Å². The molecule has 0 bridgehead atoms. The van der Waals surface area contributed by atoms with E-state index >= 15 is 0 Å². The summed E-state index contributed by atoms with van der Waals surface area (Å²) >= 11 is 0. The average Bonchev–Trinajstić information content (AvgIpc) is 3.62. The van der Waals surface area contributed by atoms with Gasteiger partial charge in [-0.1, -0.05) is 170 Å². The van der Waals surface area contributed by atoms with E-state index in [1.165, 1.54) is 21.5 Å². The smallest absolute Gasteiger partial charge is 0.116 e. The molecular weight excluding hydrogens is 765 g/mol. The highest BCUT2D eigenvalue weighted by molar-refractivity contribution is 6.13. The Morgan fingerprint density at radius 2 is 0.603 bits per heavy atom. The van der Waals surface area contributed by atoms with Gasteiger partial charge < -0.3 is 10.2 Å². The van der Waals surface area contributed by atoms with Gasteiger partial charge in [-0.3, -0.25) is 0 Å². The number of rotatable bonds is 4. The predicted molar refractivity (Wildman–Crippen MR) is 263 cm³/mol. The largest absolute Gasteiger partial charge is 0.508 e. The fourth-order valence-corrected chi connectivity index (χ4v) is 11.0. The van der Waals surface area contributed by atoms with E-state index in [9.17, 15) is 10.2 Å². The molecule has 0 atom stereocenters. The Balaban J connectivity index is 1.22. The Kier molecular flexibility index (Phi) is 7.56. The maximum atomic E-state index is 12.1. The van der Waals surface area contributed by atoms with Crippen molar-refractivity contribution < 1.29 is 10.2 Å². The molecule has 0 heterocycles. The van der Waals surface area contributed by atoms with Gasteiger partial charge in [0.15, 0.2) is 0 Å². The third-order valence-electron chi connectivity index (χ3n) is 13.8. The molecule has 12 aromatic rings. The highest BCUT2D eigenvalue weighted by Crippen LogP contribution is 2.61. The van der Waals surface area contributed by atoms with E-state index in [1.54, 1.807) is 0 Å². The van der Waals surface area contributed by atoms with Crippen LogP contribution in [0, 0.1) is 0 Å². The summed E-state index contributed by atoms with van der Waals surface area (Å²) in [6, 6.07) is 77.8. The molecule has 0 amide bonds. The zero-order valence-corrected chi connectivity index (χ0v) is 34.2. The SMILES string of the molecule is Oc1cc(C2(c3cc(O)cc4c3ccc3ccccc34)c3cc(-c4ccc5ccccc5c4)ccc3-c3ccc(-c4ccc5ccccc5c4)cc32)c2ccc3ccccc3c2c1. The van der Waals surface area contributed by atoms with Gasteiger partial charge in [-0.15, -0.1) is 0 Å². The second-order valence-electron chi connectivity index (χ2n) is 17.1. The first-order valence-electron chi connectivity index (χ1n) is 21.6. The number of fused-ring (bicyclic) bond motifs is 11. The van der Waals surface area contributed by atoms with Crippen molar-refractivity contribution in [1.82, 2.24) is 0 Å². The number of phenolic OH excluding ortho intramolecular Hbond substituents is 2. The molecule has 12 aromatic carbocycles. The molecular formula is C61H38O2. The van der Waals surface area contributed by atoms with Crippen molar-refractivity contribution in [1.29, 1.82) is 0 Å². The highest BCUT2D eigenvalue weighted by Gasteiger charge is 2.49. The lowest BCUT2D eigenvalue weighted by atomic mass is 9.64. The number of hydrogen-bond acceptors (Lipinski definition) is 2. The summed E-state index contributed by atoms with van der Waals surface area (Å²) in [5.74, 6) is 0.379. The molecule has 0 unspecified atom stereocenters. The molecule has 294 valence electrons. The van der Waals surface area contributed by atoms with E-state index in [-0.39, 0.29) is 11.5 Å². The quantitative estimate of drug-likeness (QED) is 0.174. The van der Waals surface area contributed by atoms with Crippen molar-refractivity contribution in [3.8, 4) is 44.9 Å². The third-order valence-corrected chi connectivity index (χ3v) is 13.8. The van der Waals surface area contributed by atoms with Crippen molar-refractivity contribution >= 4 is 64.6 Å². The molecule has 1 aliphatic rings. The van der Waals surface area contributed by atoms with Crippen molar-refractivity contribution in [2.75, 3.05) is 0 Å². The van der Waals surface area contributed by atoms with Crippen LogP contribution in [-0.2, 0) is 5.41 Å². The summed E-state index contributed by atoms with van der Waals surface area (Å²) < 4.78 is 0. The van der Waals surface area contributed by atoms with Gasteiger partial charge in [0, 0.05) is 0 Å². The molecule has 1 aliphatic carbocycles.